The zero-order valence-corrected chi connectivity index (χ0v) is 9.53. The summed E-state index contributed by atoms with van der Waals surface area (Å²) in [5.74, 6) is -1.05. The van der Waals surface area contributed by atoms with E-state index in [-0.39, 0.29) is 17.1 Å². The number of allylic oxidation sites excluding steroid dienone is 1. The molecule has 0 unspecified atom stereocenters. The van der Waals surface area contributed by atoms with E-state index in [4.69, 9.17) is 0 Å². The van der Waals surface area contributed by atoms with Crippen molar-refractivity contribution in [3.05, 3.63) is 41.5 Å². The Bertz CT molecular complexity index is 500. The number of ketones is 1. The summed E-state index contributed by atoms with van der Waals surface area (Å²) in [6.07, 6.45) is -0.383. The monoisotopic (exact) mass is 239 g/mol. The molecule has 0 aliphatic rings. The van der Waals surface area contributed by atoms with E-state index in [1.54, 1.807) is 18.2 Å². The smallest absolute Gasteiger partial charge is 0.198 e. The fourth-order valence-corrected chi connectivity index (χ4v) is 2.24. The maximum absolute atomic E-state index is 11.6. The maximum Gasteiger partial charge on any atom is 0.198 e. The Kier molecular flexibility index (Phi) is 3.84. The van der Waals surface area contributed by atoms with Crippen molar-refractivity contribution in [2.75, 3.05) is 0 Å². The van der Waals surface area contributed by atoms with E-state index < -0.39 is 15.6 Å². The Morgan fingerprint density at radius 1 is 1.31 bits per heavy atom. The molecule has 0 atom stereocenters. The second-order valence-corrected chi connectivity index (χ2v) is 5.12. The van der Waals surface area contributed by atoms with Gasteiger partial charge < -0.3 is 5.11 Å². The van der Waals surface area contributed by atoms with Crippen LogP contribution in [0.25, 0.3) is 0 Å². The van der Waals surface area contributed by atoms with E-state index in [1.807, 2.05) is 0 Å². The molecule has 1 aromatic carbocycles. The number of hydrogen-bond donors (Lipinski definition) is 0. The van der Waals surface area contributed by atoms with Crippen LogP contribution < -0.4 is 5.11 Å². The molecule has 1 rings (SSSR count). The molecule has 0 amide bonds. The lowest BCUT2D eigenvalue weighted by Gasteiger charge is -2.09. The predicted octanol–water partition coefficient (Wildman–Crippen LogP) is 0.641. The van der Waals surface area contributed by atoms with Crippen LogP contribution >= 0.6 is 0 Å². The van der Waals surface area contributed by atoms with Crippen molar-refractivity contribution in [2.45, 2.75) is 18.2 Å². The van der Waals surface area contributed by atoms with Gasteiger partial charge in [0.15, 0.2) is 9.84 Å². The quantitative estimate of drug-likeness (QED) is 0.723. The molecule has 0 aromatic heterocycles. The second-order valence-electron chi connectivity index (χ2n) is 3.32. The van der Waals surface area contributed by atoms with Crippen LogP contribution in [0.4, 0.5) is 0 Å². The molecule has 0 saturated heterocycles. The van der Waals surface area contributed by atoms with Gasteiger partial charge in [0.1, 0.15) is 5.78 Å². The van der Waals surface area contributed by atoms with Crippen molar-refractivity contribution < 1.29 is 18.3 Å². The first kappa shape index (κ1) is 12.4. The molecule has 0 aliphatic heterocycles. The Morgan fingerprint density at radius 3 is 2.38 bits per heavy atom. The lowest BCUT2D eigenvalue weighted by molar-refractivity contribution is -0.304. The zero-order valence-electron chi connectivity index (χ0n) is 8.71. The van der Waals surface area contributed by atoms with Gasteiger partial charge in [0.05, 0.1) is 4.90 Å². The highest BCUT2D eigenvalue weighted by Gasteiger charge is 2.09. The number of hydrogen-bond acceptors (Lipinski definition) is 4. The zero-order chi connectivity index (χ0) is 12.2. The molecule has 0 N–H and O–H groups in total. The highest BCUT2D eigenvalue weighted by molar-refractivity contribution is 7.94. The molecule has 0 fully saturated rings. The van der Waals surface area contributed by atoms with E-state index in [0.29, 0.717) is 5.41 Å². The van der Waals surface area contributed by atoms with E-state index in [1.165, 1.54) is 19.1 Å². The lowest BCUT2D eigenvalue weighted by atomic mass is 10.3. The number of carbonyl (C=O) groups excluding carboxylic acids is 1. The summed E-state index contributed by atoms with van der Waals surface area (Å²) >= 11 is 0. The number of benzene rings is 1. The summed E-state index contributed by atoms with van der Waals surface area (Å²) in [7, 11) is -3.73. The summed E-state index contributed by atoms with van der Waals surface area (Å²) in [6, 6.07) is 7.60. The fraction of sp³-hybridized carbons (Fsp3) is 0.182. The summed E-state index contributed by atoms with van der Waals surface area (Å²) in [4.78, 5) is 10.7. The largest absolute Gasteiger partial charge is 0.875 e. The molecular formula is C11H11O4S-. The average Bonchev–Trinajstić information content (AvgIpc) is 2.16. The van der Waals surface area contributed by atoms with Gasteiger partial charge in [-0.3, -0.25) is 4.79 Å². The van der Waals surface area contributed by atoms with Gasteiger partial charge in [0, 0.05) is 11.8 Å². The van der Waals surface area contributed by atoms with Crippen LogP contribution in [0.3, 0.4) is 0 Å². The molecule has 0 aliphatic carbocycles. The van der Waals surface area contributed by atoms with Gasteiger partial charge in [-0.15, -0.1) is 5.76 Å². The number of Topliss-reactive ketones (excluding diaryl/α,β-unsaturated/α-hetero) is 1. The minimum absolute atomic E-state index is 0.0481. The maximum atomic E-state index is 11.6. The van der Waals surface area contributed by atoms with Crippen LogP contribution in [0.1, 0.15) is 13.3 Å². The van der Waals surface area contributed by atoms with Crippen LogP contribution in [0, 0.1) is 0 Å². The van der Waals surface area contributed by atoms with Crippen molar-refractivity contribution in [1.82, 2.24) is 0 Å². The van der Waals surface area contributed by atoms with Crippen molar-refractivity contribution in [1.29, 1.82) is 0 Å². The molecule has 0 heterocycles. The summed E-state index contributed by atoms with van der Waals surface area (Å²) in [5, 5.41) is 11.8. The van der Waals surface area contributed by atoms with Crippen molar-refractivity contribution in [3.8, 4) is 0 Å². The van der Waals surface area contributed by atoms with Gasteiger partial charge >= 0.3 is 0 Å². The van der Waals surface area contributed by atoms with Gasteiger partial charge in [-0.25, -0.2) is 8.42 Å². The van der Waals surface area contributed by atoms with Gasteiger partial charge in [-0.05, 0) is 19.1 Å². The molecule has 0 saturated carbocycles. The Morgan fingerprint density at radius 2 is 1.88 bits per heavy atom. The third-order valence-electron chi connectivity index (χ3n) is 1.78. The van der Waals surface area contributed by atoms with Crippen molar-refractivity contribution >= 4 is 15.6 Å². The number of rotatable bonds is 4. The first-order valence-corrected chi connectivity index (χ1v) is 6.13. The van der Waals surface area contributed by atoms with Gasteiger partial charge in [-0.1, -0.05) is 18.2 Å². The highest BCUT2D eigenvalue weighted by atomic mass is 32.2. The van der Waals surface area contributed by atoms with Crippen LogP contribution in [-0.2, 0) is 14.6 Å². The molecular weight excluding hydrogens is 228 g/mol. The van der Waals surface area contributed by atoms with Crippen LogP contribution in [0.15, 0.2) is 46.4 Å². The SMILES string of the molecule is CC(=O)C/C([O-])=C/S(=O)(=O)c1ccccc1. The Labute approximate surface area is 94.1 Å². The lowest BCUT2D eigenvalue weighted by Crippen LogP contribution is -2.10. The normalized spacial score (nSPS) is 12.4. The first-order valence-electron chi connectivity index (χ1n) is 4.59. The number of sulfone groups is 1. The molecule has 4 nitrogen and oxygen atoms in total. The fourth-order valence-electron chi connectivity index (χ4n) is 1.14. The Hall–Kier alpha value is -1.62. The van der Waals surface area contributed by atoms with Gasteiger partial charge in [0.25, 0.3) is 0 Å². The van der Waals surface area contributed by atoms with E-state index >= 15 is 0 Å². The summed E-state index contributed by atoms with van der Waals surface area (Å²) < 4.78 is 23.3. The highest BCUT2D eigenvalue weighted by Crippen LogP contribution is 2.12. The van der Waals surface area contributed by atoms with Gasteiger partial charge in [-0.2, -0.15) is 0 Å². The summed E-state index contributed by atoms with van der Waals surface area (Å²) in [6.45, 7) is 1.24. The van der Waals surface area contributed by atoms with E-state index in [0.717, 1.165) is 0 Å². The average molecular weight is 239 g/mol. The summed E-state index contributed by atoms with van der Waals surface area (Å²) in [5.41, 5.74) is 0. The minimum atomic E-state index is -3.73. The van der Waals surface area contributed by atoms with Crippen molar-refractivity contribution in [3.63, 3.8) is 0 Å². The number of carbonyl (C=O) groups is 1. The molecule has 0 bridgehead atoms. The molecule has 1 aromatic rings. The standard InChI is InChI=1S/C11H12O4S/c1-9(12)7-10(13)8-16(14,15)11-5-3-2-4-6-11/h2-6,8,13H,7H2,1H3/p-1/b10-8-. The second kappa shape index (κ2) is 4.94. The van der Waals surface area contributed by atoms with Gasteiger partial charge in [0.2, 0.25) is 0 Å². The topological polar surface area (TPSA) is 74.3 Å². The predicted molar refractivity (Wildman–Crippen MR) is 57.0 cm³/mol. The van der Waals surface area contributed by atoms with Crippen LogP contribution in [0.5, 0.6) is 0 Å². The van der Waals surface area contributed by atoms with E-state index in [9.17, 15) is 18.3 Å². The molecule has 0 radical (unpaired) electrons. The third kappa shape index (κ3) is 3.51. The minimum Gasteiger partial charge on any atom is -0.875 e. The van der Waals surface area contributed by atoms with Crippen molar-refractivity contribution in [2.24, 2.45) is 0 Å². The molecule has 0 spiro atoms. The van der Waals surface area contributed by atoms with E-state index in [2.05, 4.69) is 0 Å². The Balaban J connectivity index is 3.01. The first-order chi connectivity index (χ1) is 7.42. The molecule has 5 heteroatoms. The molecule has 16 heavy (non-hydrogen) atoms. The van der Waals surface area contributed by atoms with Crippen LogP contribution in [-0.4, -0.2) is 14.2 Å². The van der Waals surface area contributed by atoms with Crippen LogP contribution in [0.2, 0.25) is 0 Å². The third-order valence-corrected chi connectivity index (χ3v) is 3.28. The molecule has 86 valence electrons.